The van der Waals surface area contributed by atoms with Crippen LogP contribution < -0.4 is 4.74 Å². The quantitative estimate of drug-likeness (QED) is 0.849. The standard InChI is InChI=1S/C12H12FNO2/c13-10-6-9(7-14)2-3-11(10)16-8-12(15)4-1-5-12/h2-3,6,15H,1,4-5,8H2. The first kappa shape index (κ1) is 10.9. The van der Waals surface area contributed by atoms with Crippen molar-refractivity contribution in [3.8, 4) is 11.8 Å². The number of rotatable bonds is 3. The van der Waals surface area contributed by atoms with Gasteiger partial charge in [0, 0.05) is 0 Å². The second kappa shape index (κ2) is 4.11. The maximum atomic E-state index is 13.4. The van der Waals surface area contributed by atoms with E-state index >= 15 is 0 Å². The minimum Gasteiger partial charge on any atom is -0.488 e. The molecule has 0 spiro atoms. The Labute approximate surface area is 93.1 Å². The second-order valence-corrected chi connectivity index (χ2v) is 4.12. The third-order valence-corrected chi connectivity index (χ3v) is 2.84. The van der Waals surface area contributed by atoms with Crippen molar-refractivity contribution in [1.82, 2.24) is 0 Å². The normalized spacial score (nSPS) is 17.3. The van der Waals surface area contributed by atoms with Crippen LogP contribution in [-0.2, 0) is 0 Å². The van der Waals surface area contributed by atoms with Gasteiger partial charge in [-0.2, -0.15) is 5.26 Å². The third-order valence-electron chi connectivity index (χ3n) is 2.84. The molecule has 1 aromatic carbocycles. The van der Waals surface area contributed by atoms with Gasteiger partial charge < -0.3 is 9.84 Å². The van der Waals surface area contributed by atoms with Crippen LogP contribution >= 0.6 is 0 Å². The summed E-state index contributed by atoms with van der Waals surface area (Å²) in [6.07, 6.45) is 2.38. The fraction of sp³-hybridized carbons (Fsp3) is 0.417. The van der Waals surface area contributed by atoms with Gasteiger partial charge in [0.15, 0.2) is 11.6 Å². The van der Waals surface area contributed by atoms with E-state index in [1.54, 1.807) is 0 Å². The molecule has 1 aliphatic rings. The molecule has 0 heterocycles. The van der Waals surface area contributed by atoms with Gasteiger partial charge in [0.1, 0.15) is 6.61 Å². The van der Waals surface area contributed by atoms with Crippen LogP contribution in [0.3, 0.4) is 0 Å². The molecule has 1 fully saturated rings. The molecule has 2 rings (SSSR count). The second-order valence-electron chi connectivity index (χ2n) is 4.12. The van der Waals surface area contributed by atoms with Crippen LogP contribution in [0.5, 0.6) is 5.75 Å². The van der Waals surface area contributed by atoms with Gasteiger partial charge in [-0.15, -0.1) is 0 Å². The van der Waals surface area contributed by atoms with E-state index < -0.39 is 11.4 Å². The van der Waals surface area contributed by atoms with Crippen LogP contribution in [0.4, 0.5) is 4.39 Å². The van der Waals surface area contributed by atoms with Crippen molar-refractivity contribution in [2.75, 3.05) is 6.61 Å². The molecule has 1 aromatic rings. The largest absolute Gasteiger partial charge is 0.488 e. The number of hydrogen-bond donors (Lipinski definition) is 1. The lowest BCUT2D eigenvalue weighted by atomic mass is 9.81. The highest BCUT2D eigenvalue weighted by atomic mass is 19.1. The summed E-state index contributed by atoms with van der Waals surface area (Å²) in [6, 6.07) is 5.87. The molecule has 1 N–H and O–H groups in total. The number of nitriles is 1. The lowest BCUT2D eigenvalue weighted by Crippen LogP contribution is -2.42. The zero-order valence-electron chi connectivity index (χ0n) is 8.74. The molecule has 0 amide bonds. The summed E-state index contributed by atoms with van der Waals surface area (Å²) in [5.74, 6) is -0.485. The Morgan fingerprint density at radius 2 is 2.25 bits per heavy atom. The predicted molar refractivity (Wildman–Crippen MR) is 55.4 cm³/mol. The number of ether oxygens (including phenoxy) is 1. The van der Waals surface area contributed by atoms with E-state index in [1.807, 2.05) is 6.07 Å². The minimum atomic E-state index is -0.791. The zero-order valence-corrected chi connectivity index (χ0v) is 8.74. The van der Waals surface area contributed by atoms with E-state index in [0.29, 0.717) is 12.8 Å². The maximum absolute atomic E-state index is 13.4. The highest BCUT2D eigenvalue weighted by Gasteiger charge is 2.35. The van der Waals surface area contributed by atoms with Crippen molar-refractivity contribution in [3.63, 3.8) is 0 Å². The smallest absolute Gasteiger partial charge is 0.166 e. The van der Waals surface area contributed by atoms with Crippen molar-refractivity contribution in [1.29, 1.82) is 5.26 Å². The molecular weight excluding hydrogens is 209 g/mol. The van der Waals surface area contributed by atoms with Gasteiger partial charge in [-0.3, -0.25) is 0 Å². The Morgan fingerprint density at radius 1 is 1.50 bits per heavy atom. The molecule has 16 heavy (non-hydrogen) atoms. The Balaban J connectivity index is 2.02. The fourth-order valence-electron chi connectivity index (χ4n) is 1.63. The van der Waals surface area contributed by atoms with Crippen LogP contribution in [0.15, 0.2) is 18.2 Å². The van der Waals surface area contributed by atoms with Crippen LogP contribution in [-0.4, -0.2) is 17.3 Å². The number of halogens is 1. The fourth-order valence-corrected chi connectivity index (χ4v) is 1.63. The number of benzene rings is 1. The summed E-state index contributed by atoms with van der Waals surface area (Å²) in [7, 11) is 0. The van der Waals surface area contributed by atoms with Crippen LogP contribution in [0.25, 0.3) is 0 Å². The van der Waals surface area contributed by atoms with E-state index in [4.69, 9.17) is 10.00 Å². The lowest BCUT2D eigenvalue weighted by molar-refractivity contribution is -0.0670. The first-order valence-corrected chi connectivity index (χ1v) is 5.18. The summed E-state index contributed by atoms with van der Waals surface area (Å²) in [4.78, 5) is 0. The predicted octanol–water partition coefficient (Wildman–Crippen LogP) is 1.99. The van der Waals surface area contributed by atoms with E-state index in [9.17, 15) is 9.50 Å². The van der Waals surface area contributed by atoms with Crippen molar-refractivity contribution in [2.45, 2.75) is 24.9 Å². The molecular formula is C12H12FNO2. The molecule has 0 aliphatic heterocycles. The monoisotopic (exact) mass is 221 g/mol. The van der Waals surface area contributed by atoms with Gasteiger partial charge in [-0.1, -0.05) is 0 Å². The van der Waals surface area contributed by atoms with E-state index in [0.717, 1.165) is 12.5 Å². The molecule has 84 valence electrons. The van der Waals surface area contributed by atoms with E-state index in [2.05, 4.69) is 0 Å². The average molecular weight is 221 g/mol. The molecule has 1 saturated carbocycles. The first-order valence-electron chi connectivity index (χ1n) is 5.18. The van der Waals surface area contributed by atoms with Gasteiger partial charge in [0.2, 0.25) is 0 Å². The molecule has 4 heteroatoms. The summed E-state index contributed by atoms with van der Waals surface area (Å²) in [5.41, 5.74) is -0.535. The Hall–Kier alpha value is -1.60. The molecule has 3 nitrogen and oxygen atoms in total. The maximum Gasteiger partial charge on any atom is 0.166 e. The van der Waals surface area contributed by atoms with Gasteiger partial charge in [-0.25, -0.2) is 4.39 Å². The van der Waals surface area contributed by atoms with Gasteiger partial charge >= 0.3 is 0 Å². The minimum absolute atomic E-state index is 0.0827. The zero-order chi connectivity index (χ0) is 11.6. The SMILES string of the molecule is N#Cc1ccc(OCC2(O)CCC2)c(F)c1. The number of nitrogens with zero attached hydrogens (tertiary/aromatic N) is 1. The lowest BCUT2D eigenvalue weighted by Gasteiger charge is -2.35. The summed E-state index contributed by atoms with van der Waals surface area (Å²) < 4.78 is 18.6. The summed E-state index contributed by atoms with van der Waals surface area (Å²) in [6.45, 7) is 0.107. The van der Waals surface area contributed by atoms with Crippen molar-refractivity contribution < 1.29 is 14.2 Å². The molecule has 0 atom stereocenters. The van der Waals surface area contributed by atoms with Crippen LogP contribution in [0, 0.1) is 17.1 Å². The number of hydrogen-bond acceptors (Lipinski definition) is 3. The summed E-state index contributed by atoms with van der Waals surface area (Å²) >= 11 is 0. The molecule has 0 saturated heterocycles. The molecule has 0 radical (unpaired) electrons. The van der Waals surface area contributed by atoms with Gasteiger partial charge in [0.05, 0.1) is 17.2 Å². The number of aliphatic hydroxyl groups is 1. The topological polar surface area (TPSA) is 53.2 Å². The van der Waals surface area contributed by atoms with E-state index in [-0.39, 0.29) is 17.9 Å². The molecule has 0 unspecified atom stereocenters. The van der Waals surface area contributed by atoms with E-state index in [1.165, 1.54) is 12.1 Å². The Kier molecular flexibility index (Phi) is 2.80. The van der Waals surface area contributed by atoms with Crippen LogP contribution in [0.1, 0.15) is 24.8 Å². The Morgan fingerprint density at radius 3 is 2.75 bits per heavy atom. The highest BCUT2D eigenvalue weighted by Crippen LogP contribution is 2.32. The van der Waals surface area contributed by atoms with Gasteiger partial charge in [-0.05, 0) is 37.5 Å². The van der Waals surface area contributed by atoms with Crippen molar-refractivity contribution in [3.05, 3.63) is 29.6 Å². The van der Waals surface area contributed by atoms with Crippen LogP contribution in [0.2, 0.25) is 0 Å². The summed E-state index contributed by atoms with van der Waals surface area (Å²) in [5, 5.41) is 18.3. The Bertz CT molecular complexity index is 435. The first-order chi connectivity index (χ1) is 7.63. The highest BCUT2D eigenvalue weighted by molar-refractivity contribution is 5.36. The van der Waals surface area contributed by atoms with Gasteiger partial charge in [0.25, 0.3) is 0 Å². The van der Waals surface area contributed by atoms with Crippen molar-refractivity contribution >= 4 is 0 Å². The third kappa shape index (κ3) is 2.15. The molecule has 0 bridgehead atoms. The molecule has 1 aliphatic carbocycles. The average Bonchev–Trinajstić information content (AvgIpc) is 2.25. The molecule has 0 aromatic heterocycles. The van der Waals surface area contributed by atoms with Crippen molar-refractivity contribution in [2.24, 2.45) is 0 Å².